The van der Waals surface area contributed by atoms with Gasteiger partial charge < -0.3 is 15.0 Å². The molecule has 1 amide bonds. The molecular formula is C19H25N3O4S. The number of benzene rings is 2. The number of nitrogens with one attached hydrogen (secondary N) is 1. The predicted octanol–water partition coefficient (Wildman–Crippen LogP) is 1.77. The maximum absolute atomic E-state index is 12.6. The van der Waals surface area contributed by atoms with Crippen LogP contribution < -0.4 is 20.1 Å². The van der Waals surface area contributed by atoms with Crippen LogP contribution in [0.2, 0.25) is 0 Å². The molecule has 0 unspecified atom stereocenters. The molecule has 1 atom stereocenters. The van der Waals surface area contributed by atoms with E-state index in [9.17, 15) is 13.2 Å². The first kappa shape index (κ1) is 20.7. The van der Waals surface area contributed by atoms with Crippen molar-refractivity contribution < 1.29 is 17.9 Å². The zero-order valence-electron chi connectivity index (χ0n) is 15.9. The number of hydrogen-bond donors (Lipinski definition) is 2. The summed E-state index contributed by atoms with van der Waals surface area (Å²) in [6.45, 7) is 1.88. The second-order valence-corrected chi connectivity index (χ2v) is 8.11. The van der Waals surface area contributed by atoms with E-state index in [4.69, 9.17) is 9.88 Å². The molecule has 27 heavy (non-hydrogen) atoms. The molecule has 0 fully saturated rings. The lowest BCUT2D eigenvalue weighted by Crippen LogP contribution is -2.34. The van der Waals surface area contributed by atoms with Gasteiger partial charge in [0.05, 0.1) is 17.6 Å². The van der Waals surface area contributed by atoms with Crippen LogP contribution in [0.25, 0.3) is 0 Å². The quantitative estimate of drug-likeness (QED) is 0.749. The summed E-state index contributed by atoms with van der Waals surface area (Å²) in [4.78, 5) is 14.5. The van der Waals surface area contributed by atoms with Crippen LogP contribution >= 0.6 is 0 Å². The van der Waals surface area contributed by atoms with Gasteiger partial charge in [-0.1, -0.05) is 12.1 Å². The van der Waals surface area contributed by atoms with Gasteiger partial charge in [0, 0.05) is 25.8 Å². The number of carbonyl (C=O) groups is 1. The fourth-order valence-electron chi connectivity index (χ4n) is 2.68. The molecule has 146 valence electrons. The number of ether oxygens (including phenoxy) is 1. The molecule has 0 aliphatic rings. The van der Waals surface area contributed by atoms with Crippen molar-refractivity contribution >= 4 is 21.6 Å². The summed E-state index contributed by atoms with van der Waals surface area (Å²) < 4.78 is 28.3. The Morgan fingerprint density at radius 3 is 2.33 bits per heavy atom. The second kappa shape index (κ2) is 8.41. The molecule has 0 aromatic heterocycles. The summed E-state index contributed by atoms with van der Waals surface area (Å²) in [5.74, 6) is -0.141. The van der Waals surface area contributed by atoms with Crippen molar-refractivity contribution in [2.24, 2.45) is 5.14 Å². The van der Waals surface area contributed by atoms with E-state index in [1.54, 1.807) is 0 Å². The zero-order chi connectivity index (χ0) is 20.2. The lowest BCUT2D eigenvalue weighted by atomic mass is 10.1. The summed E-state index contributed by atoms with van der Waals surface area (Å²) in [6.07, 6.45) is 0.636. The van der Waals surface area contributed by atoms with Gasteiger partial charge in [-0.25, -0.2) is 13.6 Å². The minimum atomic E-state index is -3.91. The molecule has 3 N–H and O–H groups in total. The number of rotatable bonds is 7. The molecule has 2 rings (SSSR count). The Bertz CT molecular complexity index is 909. The minimum Gasteiger partial charge on any atom is -0.496 e. The first-order chi connectivity index (χ1) is 12.6. The van der Waals surface area contributed by atoms with E-state index in [0.29, 0.717) is 6.42 Å². The molecule has 0 aliphatic heterocycles. The molecule has 0 saturated carbocycles. The Balaban J connectivity index is 2.13. The predicted molar refractivity (Wildman–Crippen MR) is 106 cm³/mol. The van der Waals surface area contributed by atoms with Crippen molar-refractivity contribution in [3.8, 4) is 5.75 Å². The second-order valence-electron chi connectivity index (χ2n) is 6.55. The number of primary sulfonamides is 1. The van der Waals surface area contributed by atoms with E-state index in [1.165, 1.54) is 25.3 Å². The van der Waals surface area contributed by atoms with Gasteiger partial charge in [-0.15, -0.1) is 0 Å². The van der Waals surface area contributed by atoms with Gasteiger partial charge in [-0.05, 0) is 49.2 Å². The van der Waals surface area contributed by atoms with Gasteiger partial charge >= 0.3 is 0 Å². The topological polar surface area (TPSA) is 102 Å². The van der Waals surface area contributed by atoms with Crippen LogP contribution in [0.4, 0.5) is 5.69 Å². The molecular weight excluding hydrogens is 366 g/mol. The molecule has 0 aliphatic carbocycles. The molecule has 0 spiro atoms. The van der Waals surface area contributed by atoms with Gasteiger partial charge in [0.1, 0.15) is 5.75 Å². The lowest BCUT2D eigenvalue weighted by molar-refractivity contribution is 0.0937. The number of hydrogen-bond acceptors (Lipinski definition) is 5. The summed E-state index contributed by atoms with van der Waals surface area (Å²) >= 11 is 0. The normalized spacial score (nSPS) is 12.3. The van der Waals surface area contributed by atoms with Crippen molar-refractivity contribution in [2.45, 2.75) is 24.3 Å². The monoisotopic (exact) mass is 391 g/mol. The van der Waals surface area contributed by atoms with E-state index >= 15 is 0 Å². The third-order valence-electron chi connectivity index (χ3n) is 4.12. The Hall–Kier alpha value is -2.58. The lowest BCUT2D eigenvalue weighted by Gasteiger charge is -2.17. The van der Waals surface area contributed by atoms with Gasteiger partial charge in [0.15, 0.2) is 0 Å². The minimum absolute atomic E-state index is 0.124. The first-order valence-electron chi connectivity index (χ1n) is 8.39. The summed E-state index contributed by atoms with van der Waals surface area (Å²) in [5, 5.41) is 8.02. The number of sulfonamides is 1. The van der Waals surface area contributed by atoms with Crippen molar-refractivity contribution in [3.05, 3.63) is 53.6 Å². The maximum Gasteiger partial charge on any atom is 0.255 e. The standard InChI is InChI=1S/C19H25N3O4S/c1-13(11-14-5-7-15(8-6-14)22(2)3)21-19(23)17-12-16(27(20,24)25)9-10-18(17)26-4/h5-10,12-13H,11H2,1-4H3,(H,21,23)(H2,20,24,25)/t13-/m1/s1. The highest BCUT2D eigenvalue weighted by Crippen LogP contribution is 2.22. The molecule has 2 aromatic carbocycles. The van der Waals surface area contributed by atoms with Gasteiger partial charge in [-0.2, -0.15) is 0 Å². The number of carbonyl (C=O) groups excluding carboxylic acids is 1. The highest BCUT2D eigenvalue weighted by atomic mass is 32.2. The van der Waals surface area contributed by atoms with E-state index in [2.05, 4.69) is 5.32 Å². The number of nitrogens with two attached hydrogens (primary N) is 1. The average molecular weight is 391 g/mol. The molecule has 8 heteroatoms. The van der Waals surface area contributed by atoms with E-state index in [-0.39, 0.29) is 22.3 Å². The smallest absolute Gasteiger partial charge is 0.255 e. The van der Waals surface area contributed by atoms with Gasteiger partial charge in [0.2, 0.25) is 10.0 Å². The highest BCUT2D eigenvalue weighted by Gasteiger charge is 2.19. The van der Waals surface area contributed by atoms with Crippen LogP contribution in [0.3, 0.4) is 0 Å². The van der Waals surface area contributed by atoms with Gasteiger partial charge in [-0.3, -0.25) is 4.79 Å². The average Bonchev–Trinajstić information content (AvgIpc) is 2.60. The van der Waals surface area contributed by atoms with E-state index in [0.717, 1.165) is 11.3 Å². The van der Waals surface area contributed by atoms with E-state index in [1.807, 2.05) is 50.2 Å². The van der Waals surface area contributed by atoms with Crippen LogP contribution in [0, 0.1) is 0 Å². The van der Waals surface area contributed by atoms with E-state index < -0.39 is 15.9 Å². The molecule has 0 heterocycles. The largest absolute Gasteiger partial charge is 0.496 e. The SMILES string of the molecule is COc1ccc(S(N)(=O)=O)cc1C(=O)N[C@H](C)Cc1ccc(N(C)C)cc1. The van der Waals surface area contributed by atoms with Crippen LogP contribution in [0.1, 0.15) is 22.8 Å². The Labute approximate surface area is 160 Å². The fraction of sp³-hybridized carbons (Fsp3) is 0.316. The molecule has 2 aromatic rings. The summed E-state index contributed by atoms with van der Waals surface area (Å²) in [5.41, 5.74) is 2.30. The van der Waals surface area contributed by atoms with Crippen molar-refractivity contribution in [1.82, 2.24) is 5.32 Å². The van der Waals surface area contributed by atoms with Crippen LogP contribution in [0.5, 0.6) is 5.75 Å². The van der Waals surface area contributed by atoms with Crippen molar-refractivity contribution in [3.63, 3.8) is 0 Å². The number of amides is 1. The Kier molecular flexibility index (Phi) is 6.45. The van der Waals surface area contributed by atoms with Crippen molar-refractivity contribution in [2.75, 3.05) is 26.1 Å². The zero-order valence-corrected chi connectivity index (χ0v) is 16.7. The van der Waals surface area contributed by atoms with Crippen LogP contribution in [-0.2, 0) is 16.4 Å². The molecule has 0 saturated heterocycles. The number of nitrogens with zero attached hydrogens (tertiary/aromatic N) is 1. The number of anilines is 1. The molecule has 0 radical (unpaired) electrons. The summed E-state index contributed by atoms with van der Waals surface area (Å²) in [6, 6.07) is 11.8. The Morgan fingerprint density at radius 2 is 1.81 bits per heavy atom. The highest BCUT2D eigenvalue weighted by molar-refractivity contribution is 7.89. The molecule has 0 bridgehead atoms. The third-order valence-corrected chi connectivity index (χ3v) is 5.03. The number of methoxy groups -OCH3 is 1. The van der Waals surface area contributed by atoms with Gasteiger partial charge in [0.25, 0.3) is 5.91 Å². The third kappa shape index (κ3) is 5.45. The summed E-state index contributed by atoms with van der Waals surface area (Å²) in [7, 11) is 1.45. The van der Waals surface area contributed by atoms with Crippen molar-refractivity contribution in [1.29, 1.82) is 0 Å². The maximum atomic E-state index is 12.6. The molecule has 7 nitrogen and oxygen atoms in total. The van der Waals surface area contributed by atoms with Crippen LogP contribution in [-0.4, -0.2) is 41.6 Å². The Morgan fingerprint density at radius 1 is 1.19 bits per heavy atom. The first-order valence-corrected chi connectivity index (χ1v) is 9.94. The fourth-order valence-corrected chi connectivity index (χ4v) is 3.22. The van der Waals surface area contributed by atoms with Crippen LogP contribution in [0.15, 0.2) is 47.4 Å².